The average Bonchev–Trinajstić information content (AvgIpc) is 3.07. The van der Waals surface area contributed by atoms with E-state index in [9.17, 15) is 15.0 Å². The fraction of sp³-hybridized carbons (Fsp3) is 0.583. The number of aromatic nitrogens is 1. The van der Waals surface area contributed by atoms with E-state index in [-0.39, 0.29) is 11.9 Å². The maximum absolute atomic E-state index is 13.4. The summed E-state index contributed by atoms with van der Waals surface area (Å²) in [6, 6.07) is 6.02. The Balaban J connectivity index is 1.47. The van der Waals surface area contributed by atoms with Gasteiger partial charge in [0.05, 0.1) is 23.3 Å². The van der Waals surface area contributed by atoms with Gasteiger partial charge in [0.15, 0.2) is 0 Å². The summed E-state index contributed by atoms with van der Waals surface area (Å²) in [7, 11) is 0. The second kappa shape index (κ2) is 7.59. The third kappa shape index (κ3) is 3.51. The van der Waals surface area contributed by atoms with Crippen LogP contribution in [-0.2, 0) is 13.1 Å². The SMILES string of the molecule is CC1(O)CCN(Cc2cc3c(c4ncccc24)CN(C2CCCCC2O)C3=O)CC1. The molecule has 2 atom stereocenters. The van der Waals surface area contributed by atoms with Crippen molar-refractivity contribution in [3.63, 3.8) is 0 Å². The van der Waals surface area contributed by atoms with Crippen LogP contribution in [0.1, 0.15) is 66.9 Å². The van der Waals surface area contributed by atoms with Crippen LogP contribution in [0.25, 0.3) is 10.9 Å². The zero-order chi connectivity index (χ0) is 20.9. The van der Waals surface area contributed by atoms with Gasteiger partial charge in [0.1, 0.15) is 0 Å². The maximum atomic E-state index is 13.4. The molecule has 6 nitrogen and oxygen atoms in total. The quantitative estimate of drug-likeness (QED) is 0.815. The molecule has 0 spiro atoms. The van der Waals surface area contributed by atoms with Crippen molar-refractivity contribution in [2.24, 2.45) is 0 Å². The molecule has 1 saturated carbocycles. The Kier molecular flexibility index (Phi) is 5.04. The molecule has 30 heavy (non-hydrogen) atoms. The molecular formula is C24H31N3O3. The summed E-state index contributed by atoms with van der Waals surface area (Å²) < 4.78 is 0. The maximum Gasteiger partial charge on any atom is 0.254 e. The van der Waals surface area contributed by atoms with E-state index in [4.69, 9.17) is 0 Å². The molecule has 2 fully saturated rings. The van der Waals surface area contributed by atoms with E-state index >= 15 is 0 Å². The number of rotatable bonds is 3. The number of piperidine rings is 1. The molecule has 0 bridgehead atoms. The highest BCUT2D eigenvalue weighted by Gasteiger charge is 2.39. The van der Waals surface area contributed by atoms with Crippen molar-refractivity contribution in [1.82, 2.24) is 14.8 Å². The normalized spacial score (nSPS) is 26.9. The van der Waals surface area contributed by atoms with Crippen LogP contribution < -0.4 is 0 Å². The van der Waals surface area contributed by atoms with Gasteiger partial charge in [-0.25, -0.2) is 0 Å². The first-order valence-electron chi connectivity index (χ1n) is 11.3. The molecule has 1 aromatic heterocycles. The summed E-state index contributed by atoms with van der Waals surface area (Å²) in [6.07, 6.45) is 6.63. The Hall–Kier alpha value is -2.02. The number of nitrogens with zero attached hydrogens (tertiary/aromatic N) is 3. The van der Waals surface area contributed by atoms with Crippen LogP contribution in [-0.4, -0.2) is 61.7 Å². The third-order valence-corrected chi connectivity index (χ3v) is 7.32. The molecule has 1 amide bonds. The number of benzene rings is 1. The zero-order valence-electron chi connectivity index (χ0n) is 17.7. The number of fused-ring (bicyclic) bond motifs is 3. The highest BCUT2D eigenvalue weighted by molar-refractivity contribution is 6.04. The Labute approximate surface area is 177 Å². The first-order valence-corrected chi connectivity index (χ1v) is 11.3. The lowest BCUT2D eigenvalue weighted by Gasteiger charge is -2.36. The predicted octanol–water partition coefficient (Wildman–Crippen LogP) is 2.84. The van der Waals surface area contributed by atoms with Gasteiger partial charge in [-0.15, -0.1) is 0 Å². The number of hydrogen-bond acceptors (Lipinski definition) is 5. The fourth-order valence-corrected chi connectivity index (χ4v) is 5.41. The average molecular weight is 410 g/mol. The van der Waals surface area contributed by atoms with Crippen molar-refractivity contribution >= 4 is 16.8 Å². The van der Waals surface area contributed by atoms with E-state index in [2.05, 4.69) is 22.0 Å². The van der Waals surface area contributed by atoms with E-state index in [1.807, 2.05) is 17.9 Å². The molecule has 0 radical (unpaired) electrons. The lowest BCUT2D eigenvalue weighted by Crippen LogP contribution is -2.45. The number of carbonyl (C=O) groups is 1. The van der Waals surface area contributed by atoms with Gasteiger partial charge in [0, 0.05) is 48.9 Å². The standard InChI is InChI=1S/C24H31N3O3/c1-24(30)8-11-26(12-9-24)14-16-13-18-19(22-17(16)5-4-10-25-22)15-27(23(18)29)20-6-2-3-7-21(20)28/h4-5,10,13,20-21,28,30H,2-3,6-9,11-12,14-15H2,1H3. The number of likely N-dealkylation sites (tertiary alicyclic amines) is 1. The van der Waals surface area contributed by atoms with Crippen LogP contribution in [0.15, 0.2) is 24.4 Å². The summed E-state index contributed by atoms with van der Waals surface area (Å²) >= 11 is 0. The van der Waals surface area contributed by atoms with E-state index in [0.29, 0.717) is 6.54 Å². The molecular weight excluding hydrogens is 378 g/mol. The van der Waals surface area contributed by atoms with Gasteiger partial charge in [-0.1, -0.05) is 18.9 Å². The molecule has 2 unspecified atom stereocenters. The number of aliphatic hydroxyl groups is 2. The van der Waals surface area contributed by atoms with Crippen LogP contribution in [0.3, 0.4) is 0 Å². The van der Waals surface area contributed by atoms with E-state index < -0.39 is 11.7 Å². The minimum Gasteiger partial charge on any atom is -0.391 e. The van der Waals surface area contributed by atoms with Gasteiger partial charge in [0.2, 0.25) is 0 Å². The number of aliphatic hydroxyl groups excluding tert-OH is 1. The van der Waals surface area contributed by atoms with Gasteiger partial charge in [0.25, 0.3) is 5.91 Å². The highest BCUT2D eigenvalue weighted by Crippen LogP contribution is 2.36. The number of amides is 1. The van der Waals surface area contributed by atoms with E-state index in [1.54, 1.807) is 6.20 Å². The Morgan fingerprint density at radius 2 is 2.00 bits per heavy atom. The Morgan fingerprint density at radius 3 is 2.77 bits per heavy atom. The number of hydrogen-bond donors (Lipinski definition) is 2. The Morgan fingerprint density at radius 1 is 1.23 bits per heavy atom. The minimum atomic E-state index is -0.574. The highest BCUT2D eigenvalue weighted by atomic mass is 16.3. The van der Waals surface area contributed by atoms with Gasteiger partial charge in [-0.3, -0.25) is 14.7 Å². The molecule has 2 aliphatic heterocycles. The lowest BCUT2D eigenvalue weighted by atomic mass is 9.91. The smallest absolute Gasteiger partial charge is 0.254 e. The first-order chi connectivity index (χ1) is 14.4. The van der Waals surface area contributed by atoms with Crippen LogP contribution in [0, 0.1) is 0 Å². The number of carbonyl (C=O) groups excluding carboxylic acids is 1. The van der Waals surface area contributed by atoms with Crippen molar-refractivity contribution in [1.29, 1.82) is 0 Å². The molecule has 1 aromatic carbocycles. The molecule has 5 rings (SSSR count). The summed E-state index contributed by atoms with van der Waals surface area (Å²) in [5.74, 6) is 0.0336. The summed E-state index contributed by atoms with van der Waals surface area (Å²) in [4.78, 5) is 22.3. The molecule has 3 heterocycles. The fourth-order valence-electron chi connectivity index (χ4n) is 5.41. The Bertz CT molecular complexity index is 964. The monoisotopic (exact) mass is 409 g/mol. The molecule has 160 valence electrons. The largest absolute Gasteiger partial charge is 0.391 e. The third-order valence-electron chi connectivity index (χ3n) is 7.32. The summed E-state index contributed by atoms with van der Waals surface area (Å²) in [6.45, 7) is 4.90. The van der Waals surface area contributed by atoms with E-state index in [0.717, 1.165) is 85.8 Å². The van der Waals surface area contributed by atoms with Crippen LogP contribution in [0.4, 0.5) is 0 Å². The second-order valence-corrected chi connectivity index (χ2v) is 9.59. The van der Waals surface area contributed by atoms with Gasteiger partial charge < -0.3 is 15.1 Å². The summed E-state index contributed by atoms with van der Waals surface area (Å²) in [5, 5.41) is 21.9. The molecule has 2 N–H and O–H groups in total. The molecule has 6 heteroatoms. The topological polar surface area (TPSA) is 76.9 Å². The van der Waals surface area contributed by atoms with Gasteiger partial charge in [-0.2, -0.15) is 0 Å². The van der Waals surface area contributed by atoms with Crippen LogP contribution in [0.2, 0.25) is 0 Å². The van der Waals surface area contributed by atoms with Gasteiger partial charge in [-0.05, 0) is 50.3 Å². The van der Waals surface area contributed by atoms with Crippen LogP contribution >= 0.6 is 0 Å². The molecule has 1 aliphatic carbocycles. The summed E-state index contributed by atoms with van der Waals surface area (Å²) in [5.41, 5.74) is 3.21. The van der Waals surface area contributed by atoms with Crippen molar-refractivity contribution in [3.8, 4) is 0 Å². The first kappa shape index (κ1) is 19.9. The molecule has 1 saturated heterocycles. The van der Waals surface area contributed by atoms with Crippen molar-refractivity contribution in [2.45, 2.75) is 76.3 Å². The van der Waals surface area contributed by atoms with Crippen LogP contribution in [0.5, 0.6) is 0 Å². The van der Waals surface area contributed by atoms with Gasteiger partial charge >= 0.3 is 0 Å². The lowest BCUT2D eigenvalue weighted by molar-refractivity contribution is -0.00720. The predicted molar refractivity (Wildman–Crippen MR) is 115 cm³/mol. The molecule has 2 aromatic rings. The van der Waals surface area contributed by atoms with Crippen molar-refractivity contribution < 1.29 is 15.0 Å². The minimum absolute atomic E-state index is 0.0336. The number of pyridine rings is 1. The zero-order valence-corrected chi connectivity index (χ0v) is 17.7. The second-order valence-electron chi connectivity index (χ2n) is 9.59. The molecule has 3 aliphatic rings. The van der Waals surface area contributed by atoms with Crippen molar-refractivity contribution in [2.75, 3.05) is 13.1 Å². The van der Waals surface area contributed by atoms with Crippen molar-refractivity contribution in [3.05, 3.63) is 41.1 Å². The van der Waals surface area contributed by atoms with E-state index in [1.165, 1.54) is 0 Å².